The molecule has 9 rings (SSSR count). The van der Waals surface area contributed by atoms with Gasteiger partial charge < -0.3 is 0 Å². The first-order chi connectivity index (χ1) is 25.7. The third-order valence-corrected chi connectivity index (χ3v) is 9.49. The number of fused-ring (bicyclic) bond motifs is 1. The van der Waals surface area contributed by atoms with Gasteiger partial charge >= 0.3 is 0 Å². The Kier molecular flexibility index (Phi) is 8.20. The van der Waals surface area contributed by atoms with Crippen molar-refractivity contribution in [2.24, 2.45) is 0 Å². The minimum Gasteiger partial charge on any atom is -0.208 e. The van der Waals surface area contributed by atoms with E-state index in [0.717, 1.165) is 38.9 Å². The first kappa shape index (κ1) is 31.0. The van der Waals surface area contributed by atoms with Gasteiger partial charge in [0, 0.05) is 16.7 Å². The zero-order chi connectivity index (χ0) is 34.7. The second kappa shape index (κ2) is 13.7. The second-order valence-corrected chi connectivity index (χ2v) is 12.9. The van der Waals surface area contributed by atoms with Gasteiger partial charge in [0.05, 0.1) is 0 Å². The fraction of sp³-hybridized carbons (Fsp3) is 0. The molecule has 0 aliphatic heterocycles. The molecule has 0 bridgehead atoms. The zero-order valence-electron chi connectivity index (χ0n) is 28.4. The van der Waals surface area contributed by atoms with E-state index in [1.165, 1.54) is 33.0 Å². The summed E-state index contributed by atoms with van der Waals surface area (Å²) in [4.78, 5) is 15.2. The molecule has 0 unspecified atom stereocenters. The van der Waals surface area contributed by atoms with Gasteiger partial charge in [-0.25, -0.2) is 15.0 Å². The van der Waals surface area contributed by atoms with Crippen molar-refractivity contribution in [2.75, 3.05) is 0 Å². The summed E-state index contributed by atoms with van der Waals surface area (Å²) in [5.41, 5.74) is 12.0. The maximum absolute atomic E-state index is 5.12. The SMILES string of the molecule is c1ccc(-c2ccc3cc(-c4cc(-c5nc(-c6ccccc6)nc(-c6ccccc6)n5)cc(-c5ccccc5-c5ccccc5)c4)ccc3c2)cc1. The molecule has 0 spiro atoms. The Morgan fingerprint density at radius 2 is 0.577 bits per heavy atom. The summed E-state index contributed by atoms with van der Waals surface area (Å²) in [6, 6.07) is 70.2. The first-order valence-electron chi connectivity index (χ1n) is 17.5. The fourth-order valence-corrected chi connectivity index (χ4v) is 6.86. The Balaban J connectivity index is 1.24. The third kappa shape index (κ3) is 6.28. The van der Waals surface area contributed by atoms with Gasteiger partial charge in [0.2, 0.25) is 0 Å². The molecule has 0 aliphatic rings. The number of aromatic nitrogens is 3. The molecular formula is C49H33N3. The summed E-state index contributed by atoms with van der Waals surface area (Å²) in [6.45, 7) is 0. The van der Waals surface area contributed by atoms with Crippen LogP contribution in [-0.2, 0) is 0 Å². The molecular weight excluding hydrogens is 631 g/mol. The van der Waals surface area contributed by atoms with Crippen LogP contribution in [0.25, 0.3) is 89.4 Å². The highest BCUT2D eigenvalue weighted by molar-refractivity contribution is 5.93. The maximum atomic E-state index is 5.12. The van der Waals surface area contributed by atoms with Gasteiger partial charge in [0.25, 0.3) is 0 Å². The average molecular weight is 664 g/mol. The lowest BCUT2D eigenvalue weighted by atomic mass is 9.90. The van der Waals surface area contributed by atoms with Crippen molar-refractivity contribution < 1.29 is 0 Å². The van der Waals surface area contributed by atoms with Crippen LogP contribution in [0.1, 0.15) is 0 Å². The van der Waals surface area contributed by atoms with Gasteiger partial charge in [-0.05, 0) is 85.6 Å². The third-order valence-electron chi connectivity index (χ3n) is 9.49. The molecule has 1 heterocycles. The first-order valence-corrected chi connectivity index (χ1v) is 17.5. The molecule has 0 N–H and O–H groups in total. The van der Waals surface area contributed by atoms with Crippen molar-refractivity contribution in [3.63, 3.8) is 0 Å². The van der Waals surface area contributed by atoms with Gasteiger partial charge in [-0.3, -0.25) is 0 Å². The molecule has 52 heavy (non-hydrogen) atoms. The van der Waals surface area contributed by atoms with Gasteiger partial charge in [0.1, 0.15) is 0 Å². The Labute approximate surface area is 303 Å². The van der Waals surface area contributed by atoms with Crippen LogP contribution in [0.4, 0.5) is 0 Å². The summed E-state index contributed by atoms with van der Waals surface area (Å²) in [7, 11) is 0. The summed E-state index contributed by atoms with van der Waals surface area (Å²) < 4.78 is 0. The monoisotopic (exact) mass is 663 g/mol. The second-order valence-electron chi connectivity index (χ2n) is 12.9. The van der Waals surface area contributed by atoms with E-state index in [-0.39, 0.29) is 0 Å². The summed E-state index contributed by atoms with van der Waals surface area (Å²) in [6.07, 6.45) is 0. The Bertz CT molecular complexity index is 2600. The van der Waals surface area contributed by atoms with Crippen LogP contribution >= 0.6 is 0 Å². The molecule has 9 aromatic rings. The van der Waals surface area contributed by atoms with Crippen molar-refractivity contribution >= 4 is 10.8 Å². The molecule has 244 valence electrons. The van der Waals surface area contributed by atoms with Crippen LogP contribution in [0, 0.1) is 0 Å². The molecule has 3 heteroatoms. The summed E-state index contributed by atoms with van der Waals surface area (Å²) in [5.74, 6) is 1.91. The Morgan fingerprint density at radius 3 is 1.10 bits per heavy atom. The van der Waals surface area contributed by atoms with E-state index in [0.29, 0.717) is 17.5 Å². The minimum atomic E-state index is 0.626. The molecule has 0 aliphatic carbocycles. The van der Waals surface area contributed by atoms with Crippen molar-refractivity contribution in [2.45, 2.75) is 0 Å². The molecule has 3 nitrogen and oxygen atoms in total. The number of hydrogen-bond acceptors (Lipinski definition) is 3. The number of hydrogen-bond donors (Lipinski definition) is 0. The zero-order valence-corrected chi connectivity index (χ0v) is 28.4. The van der Waals surface area contributed by atoms with Crippen LogP contribution < -0.4 is 0 Å². The van der Waals surface area contributed by atoms with Gasteiger partial charge in [-0.2, -0.15) is 0 Å². The van der Waals surface area contributed by atoms with Crippen LogP contribution in [-0.4, -0.2) is 15.0 Å². The highest BCUT2D eigenvalue weighted by atomic mass is 15.0. The molecule has 0 fully saturated rings. The quantitative estimate of drug-likeness (QED) is 0.170. The standard InChI is InChI=1S/C49H33N3/c1-5-15-34(16-6-1)38-25-26-40-30-41(28-27-39(40)29-38)42-31-43(46-24-14-13-23-45(46)35-17-7-2-8-18-35)33-44(32-42)49-51-47(36-19-9-3-10-20-36)50-48(52-49)37-21-11-4-12-22-37/h1-33H. The molecule has 0 atom stereocenters. The van der Waals surface area contributed by atoms with Crippen molar-refractivity contribution in [1.29, 1.82) is 0 Å². The predicted molar refractivity (Wildman–Crippen MR) is 215 cm³/mol. The van der Waals surface area contributed by atoms with E-state index in [1.807, 2.05) is 60.7 Å². The number of rotatable bonds is 7. The normalized spacial score (nSPS) is 11.1. The van der Waals surface area contributed by atoms with Crippen LogP contribution in [0.15, 0.2) is 200 Å². The fourth-order valence-electron chi connectivity index (χ4n) is 6.86. The van der Waals surface area contributed by atoms with E-state index in [1.54, 1.807) is 0 Å². The van der Waals surface area contributed by atoms with Crippen molar-refractivity contribution in [3.8, 4) is 78.7 Å². The average Bonchev–Trinajstić information content (AvgIpc) is 3.24. The maximum Gasteiger partial charge on any atom is 0.164 e. The highest BCUT2D eigenvalue weighted by Gasteiger charge is 2.16. The lowest BCUT2D eigenvalue weighted by Crippen LogP contribution is -2.00. The van der Waals surface area contributed by atoms with Gasteiger partial charge in [-0.15, -0.1) is 0 Å². The van der Waals surface area contributed by atoms with Crippen molar-refractivity contribution in [3.05, 3.63) is 200 Å². The highest BCUT2D eigenvalue weighted by Crippen LogP contribution is 2.38. The van der Waals surface area contributed by atoms with Gasteiger partial charge in [-0.1, -0.05) is 170 Å². The molecule has 0 saturated carbocycles. The van der Waals surface area contributed by atoms with Crippen LogP contribution in [0.3, 0.4) is 0 Å². The van der Waals surface area contributed by atoms with Crippen LogP contribution in [0.5, 0.6) is 0 Å². The molecule has 8 aromatic carbocycles. The predicted octanol–water partition coefficient (Wildman–Crippen LogP) is 12.7. The van der Waals surface area contributed by atoms with Crippen LogP contribution in [0.2, 0.25) is 0 Å². The summed E-state index contributed by atoms with van der Waals surface area (Å²) >= 11 is 0. The van der Waals surface area contributed by atoms with Crippen molar-refractivity contribution in [1.82, 2.24) is 15.0 Å². The smallest absolute Gasteiger partial charge is 0.164 e. The lowest BCUT2D eigenvalue weighted by Gasteiger charge is -2.15. The molecule has 0 saturated heterocycles. The summed E-state index contributed by atoms with van der Waals surface area (Å²) in [5, 5.41) is 2.39. The lowest BCUT2D eigenvalue weighted by molar-refractivity contribution is 1.07. The Hall–Kier alpha value is -6.97. The van der Waals surface area contributed by atoms with E-state index < -0.39 is 0 Å². The van der Waals surface area contributed by atoms with E-state index in [4.69, 9.17) is 15.0 Å². The number of nitrogens with zero attached hydrogens (tertiary/aromatic N) is 3. The topological polar surface area (TPSA) is 38.7 Å². The van der Waals surface area contributed by atoms with E-state index >= 15 is 0 Å². The largest absolute Gasteiger partial charge is 0.208 e. The minimum absolute atomic E-state index is 0.626. The number of benzene rings is 8. The van der Waals surface area contributed by atoms with Gasteiger partial charge in [0.15, 0.2) is 17.5 Å². The van der Waals surface area contributed by atoms with E-state index in [2.05, 4.69) is 140 Å². The van der Waals surface area contributed by atoms with E-state index in [9.17, 15) is 0 Å². The molecule has 0 amide bonds. The molecule has 0 radical (unpaired) electrons. The molecule has 1 aromatic heterocycles. The Morgan fingerprint density at radius 1 is 0.212 bits per heavy atom.